The van der Waals surface area contributed by atoms with Gasteiger partial charge in [0.15, 0.2) is 29.6 Å². The Morgan fingerprint density at radius 2 is 1.83 bits per heavy atom. The van der Waals surface area contributed by atoms with Gasteiger partial charge in [0.2, 0.25) is 5.28 Å². The van der Waals surface area contributed by atoms with E-state index in [2.05, 4.69) is 15.0 Å². The molecule has 2 aromatic rings. The molecule has 0 radical (unpaired) electrons. The molecule has 1 fully saturated rings. The van der Waals surface area contributed by atoms with Crippen molar-refractivity contribution in [2.45, 2.75) is 45.3 Å². The zero-order valence-corrected chi connectivity index (χ0v) is 16.3. The van der Waals surface area contributed by atoms with Crippen molar-refractivity contribution in [1.82, 2.24) is 19.5 Å². The SMILES string of the molecule is CC(=O)OCC1OC(n2cnc3c(=O)[nH]c(Cl)nc32)C(OC(C)=O)C1OC(C)=O. The molecule has 29 heavy (non-hydrogen) atoms. The Morgan fingerprint density at radius 3 is 2.45 bits per heavy atom. The van der Waals surface area contributed by atoms with E-state index in [1.165, 1.54) is 31.7 Å². The fraction of sp³-hybridized carbons (Fsp3) is 0.500. The minimum atomic E-state index is -1.13. The van der Waals surface area contributed by atoms with Crippen LogP contribution < -0.4 is 5.56 Å². The summed E-state index contributed by atoms with van der Waals surface area (Å²) in [4.78, 5) is 56.8. The number of carbonyl (C=O) groups is 3. The standard InChI is InChI=1S/C16H17ClN4O8/c1-6(22)26-4-9-11(27-7(2)23)12(28-8(3)24)15(29-9)21-5-18-10-13(21)19-16(17)20-14(10)25/h5,9,11-12,15H,4H2,1-3H3,(H,19,20,25). The van der Waals surface area contributed by atoms with Crippen LogP contribution in [0.25, 0.3) is 11.2 Å². The maximum atomic E-state index is 12.0. The van der Waals surface area contributed by atoms with Crippen molar-refractivity contribution in [1.29, 1.82) is 0 Å². The predicted molar refractivity (Wildman–Crippen MR) is 94.8 cm³/mol. The number of nitrogens with one attached hydrogen (secondary N) is 1. The van der Waals surface area contributed by atoms with Crippen LogP contribution in [0, 0.1) is 0 Å². The van der Waals surface area contributed by atoms with Gasteiger partial charge in [-0.05, 0) is 11.6 Å². The third-order valence-corrected chi connectivity index (χ3v) is 4.20. The van der Waals surface area contributed by atoms with Crippen LogP contribution in [-0.2, 0) is 33.3 Å². The summed E-state index contributed by atoms with van der Waals surface area (Å²) in [5, 5.41) is -0.181. The second-order valence-corrected chi connectivity index (χ2v) is 6.55. The Hall–Kier alpha value is -2.99. The van der Waals surface area contributed by atoms with E-state index in [-0.39, 0.29) is 23.1 Å². The Morgan fingerprint density at radius 1 is 1.17 bits per heavy atom. The van der Waals surface area contributed by atoms with Gasteiger partial charge >= 0.3 is 17.9 Å². The van der Waals surface area contributed by atoms with Crippen LogP contribution in [0.4, 0.5) is 0 Å². The number of esters is 3. The molecule has 0 spiro atoms. The van der Waals surface area contributed by atoms with Crippen molar-refractivity contribution < 1.29 is 33.3 Å². The number of imidazole rings is 1. The Bertz CT molecular complexity index is 1020. The molecule has 4 unspecified atom stereocenters. The molecule has 156 valence electrons. The molecule has 3 heterocycles. The van der Waals surface area contributed by atoms with Crippen molar-refractivity contribution in [3.63, 3.8) is 0 Å². The normalized spacial score (nSPS) is 23.7. The molecule has 1 aliphatic rings. The van der Waals surface area contributed by atoms with Gasteiger partial charge in [0.05, 0.1) is 6.33 Å². The fourth-order valence-electron chi connectivity index (χ4n) is 3.00. The number of aromatic amines is 1. The Balaban J connectivity index is 2.05. The lowest BCUT2D eigenvalue weighted by Gasteiger charge is -2.23. The number of halogens is 1. The van der Waals surface area contributed by atoms with Gasteiger partial charge in [-0.15, -0.1) is 0 Å². The van der Waals surface area contributed by atoms with Crippen LogP contribution in [0.5, 0.6) is 0 Å². The number of rotatable bonds is 5. The van der Waals surface area contributed by atoms with Gasteiger partial charge in [0, 0.05) is 20.8 Å². The molecular formula is C16H17ClN4O8. The van der Waals surface area contributed by atoms with Crippen LogP contribution in [0.15, 0.2) is 11.1 Å². The van der Waals surface area contributed by atoms with Crippen molar-refractivity contribution in [2.24, 2.45) is 0 Å². The van der Waals surface area contributed by atoms with Crippen molar-refractivity contribution in [3.8, 4) is 0 Å². The average molecular weight is 429 g/mol. The number of carbonyl (C=O) groups excluding carboxylic acids is 3. The summed E-state index contributed by atoms with van der Waals surface area (Å²) in [5.74, 6) is -1.89. The zero-order valence-electron chi connectivity index (χ0n) is 15.6. The minimum Gasteiger partial charge on any atom is -0.463 e. The topological polar surface area (TPSA) is 152 Å². The Labute approximate surface area is 168 Å². The van der Waals surface area contributed by atoms with E-state index in [0.29, 0.717) is 0 Å². The summed E-state index contributed by atoms with van der Waals surface area (Å²) in [7, 11) is 0. The number of ether oxygens (including phenoxy) is 4. The number of hydrogen-bond donors (Lipinski definition) is 1. The summed E-state index contributed by atoms with van der Waals surface area (Å²) >= 11 is 5.83. The molecule has 1 N–H and O–H groups in total. The highest BCUT2D eigenvalue weighted by Gasteiger charge is 2.51. The molecule has 0 amide bonds. The second-order valence-electron chi connectivity index (χ2n) is 6.20. The number of fused-ring (bicyclic) bond motifs is 1. The lowest BCUT2D eigenvalue weighted by atomic mass is 10.1. The first kappa shape index (κ1) is 20.7. The summed E-state index contributed by atoms with van der Waals surface area (Å²) in [6.45, 7) is 3.29. The fourth-order valence-corrected chi connectivity index (χ4v) is 3.17. The predicted octanol–water partition coefficient (Wildman–Crippen LogP) is 0.0969. The van der Waals surface area contributed by atoms with Crippen LogP contribution in [0.1, 0.15) is 27.0 Å². The molecule has 2 aromatic heterocycles. The van der Waals surface area contributed by atoms with Crippen LogP contribution in [0.2, 0.25) is 5.28 Å². The van der Waals surface area contributed by atoms with E-state index in [4.69, 9.17) is 30.5 Å². The summed E-state index contributed by atoms with van der Waals surface area (Å²) < 4.78 is 22.8. The average Bonchev–Trinajstić information content (AvgIpc) is 3.15. The number of nitrogens with zero attached hydrogens (tertiary/aromatic N) is 3. The van der Waals surface area contributed by atoms with Gasteiger partial charge in [0.25, 0.3) is 5.56 Å². The lowest BCUT2D eigenvalue weighted by molar-refractivity contribution is -0.166. The van der Waals surface area contributed by atoms with Gasteiger partial charge in [0.1, 0.15) is 12.7 Å². The van der Waals surface area contributed by atoms with Gasteiger partial charge in [-0.1, -0.05) is 0 Å². The van der Waals surface area contributed by atoms with E-state index in [0.717, 1.165) is 0 Å². The molecule has 0 aliphatic carbocycles. The molecule has 1 saturated heterocycles. The molecule has 4 atom stereocenters. The summed E-state index contributed by atoms with van der Waals surface area (Å²) in [6.07, 6.45) is -3.00. The number of aromatic nitrogens is 4. The van der Waals surface area contributed by atoms with Crippen LogP contribution >= 0.6 is 11.6 Å². The monoisotopic (exact) mass is 428 g/mol. The number of H-pyrrole nitrogens is 1. The van der Waals surface area contributed by atoms with E-state index < -0.39 is 48.0 Å². The van der Waals surface area contributed by atoms with Gasteiger partial charge in [-0.2, -0.15) is 4.98 Å². The quantitative estimate of drug-likeness (QED) is 0.394. The minimum absolute atomic E-state index is 0.0213. The first-order chi connectivity index (χ1) is 13.7. The first-order valence-electron chi connectivity index (χ1n) is 8.43. The summed E-state index contributed by atoms with van der Waals surface area (Å²) in [6, 6.07) is 0. The molecule has 1 aliphatic heterocycles. The second kappa shape index (κ2) is 8.17. The molecule has 3 rings (SSSR count). The van der Waals surface area contributed by atoms with E-state index in [9.17, 15) is 19.2 Å². The maximum absolute atomic E-state index is 12.0. The van der Waals surface area contributed by atoms with Crippen molar-refractivity contribution in [2.75, 3.05) is 6.61 Å². The highest BCUT2D eigenvalue weighted by molar-refractivity contribution is 6.28. The van der Waals surface area contributed by atoms with Crippen molar-refractivity contribution >= 4 is 40.7 Å². The third kappa shape index (κ3) is 4.38. The van der Waals surface area contributed by atoms with Gasteiger partial charge < -0.3 is 18.9 Å². The highest BCUT2D eigenvalue weighted by atomic mass is 35.5. The van der Waals surface area contributed by atoms with E-state index >= 15 is 0 Å². The molecule has 12 nitrogen and oxygen atoms in total. The zero-order chi connectivity index (χ0) is 21.3. The first-order valence-corrected chi connectivity index (χ1v) is 8.80. The lowest BCUT2D eigenvalue weighted by Crippen LogP contribution is -2.40. The molecule has 0 saturated carbocycles. The molecule has 0 aromatic carbocycles. The van der Waals surface area contributed by atoms with Gasteiger partial charge in [-0.25, -0.2) is 4.98 Å². The summed E-state index contributed by atoms with van der Waals surface area (Å²) in [5.41, 5.74) is -0.531. The molecule has 13 heteroatoms. The largest absolute Gasteiger partial charge is 0.463 e. The highest BCUT2D eigenvalue weighted by Crippen LogP contribution is 2.35. The van der Waals surface area contributed by atoms with Gasteiger partial charge in [-0.3, -0.25) is 28.7 Å². The van der Waals surface area contributed by atoms with Crippen LogP contribution in [-0.4, -0.2) is 62.3 Å². The van der Waals surface area contributed by atoms with E-state index in [1.807, 2.05) is 0 Å². The molecular weight excluding hydrogens is 412 g/mol. The maximum Gasteiger partial charge on any atom is 0.303 e. The third-order valence-electron chi connectivity index (χ3n) is 4.02. The van der Waals surface area contributed by atoms with E-state index in [1.54, 1.807) is 0 Å². The Kier molecular flexibility index (Phi) is 5.84. The smallest absolute Gasteiger partial charge is 0.303 e. The number of hydrogen-bond acceptors (Lipinski definition) is 10. The molecule has 0 bridgehead atoms. The van der Waals surface area contributed by atoms with Crippen LogP contribution in [0.3, 0.4) is 0 Å². The van der Waals surface area contributed by atoms with Crippen molar-refractivity contribution in [3.05, 3.63) is 22.0 Å².